The minimum Gasteiger partial charge on any atom is -0.480 e. The van der Waals surface area contributed by atoms with Crippen LogP contribution in [0, 0.1) is 0 Å². The second-order valence-corrected chi connectivity index (χ2v) is 14.0. The number of unbranched alkanes of at least 4 members (excludes halogenated alkanes) is 9. The minimum atomic E-state index is -0.942. The highest BCUT2D eigenvalue weighted by molar-refractivity contribution is 8.02. The maximum Gasteiger partial charge on any atom is 0.317 e. The molecule has 2 atom stereocenters. The maximum atomic E-state index is 13.0. The van der Waals surface area contributed by atoms with E-state index in [0.29, 0.717) is 26.9 Å². The first kappa shape index (κ1) is 32.9. The number of carbonyl (C=O) groups is 3. The van der Waals surface area contributed by atoms with Crippen molar-refractivity contribution in [3.05, 3.63) is 48.0 Å². The van der Waals surface area contributed by atoms with Gasteiger partial charge in [0.25, 0.3) is 5.91 Å². The zero-order valence-corrected chi connectivity index (χ0v) is 26.2. The molecule has 3 rings (SSSR count). The van der Waals surface area contributed by atoms with Crippen LogP contribution in [0.3, 0.4) is 0 Å². The van der Waals surface area contributed by atoms with Crippen LogP contribution >= 0.6 is 34.9 Å². The van der Waals surface area contributed by atoms with Crippen LogP contribution in [0.5, 0.6) is 0 Å². The number of thioether (sulfide) groups is 2. The summed E-state index contributed by atoms with van der Waals surface area (Å²) in [6, 6.07) is 12.4. The van der Waals surface area contributed by atoms with Crippen molar-refractivity contribution in [3.63, 3.8) is 0 Å². The standard InChI is InChI=1S/C31H40N2O5S3/c1-3-4-5-6-7-8-9-10-11-12-17-26(30(37)38)40-31-33-24-19-18-22(20-27(24)41-31)32-28(34)23-15-13-14-16-25(23)39-21(2)29(35)36/h13-16,18-21,26H,3-12,17H2,1-2H3,(H,32,34)(H,35,36)(H,37,38). The Labute approximate surface area is 254 Å². The molecule has 2 unspecified atom stereocenters. The van der Waals surface area contributed by atoms with Crippen molar-refractivity contribution < 1.29 is 24.6 Å². The molecule has 1 heterocycles. The van der Waals surface area contributed by atoms with E-state index in [9.17, 15) is 24.6 Å². The second-order valence-electron chi connectivity index (χ2n) is 10.1. The molecule has 0 radical (unpaired) electrons. The number of hydrogen-bond acceptors (Lipinski definition) is 7. The fourth-order valence-electron chi connectivity index (χ4n) is 4.40. The fourth-order valence-corrected chi connectivity index (χ4v) is 7.65. The second kappa shape index (κ2) is 17.4. The number of aliphatic carboxylic acids is 2. The first-order chi connectivity index (χ1) is 19.8. The zero-order valence-electron chi connectivity index (χ0n) is 23.8. The molecule has 0 fully saturated rings. The van der Waals surface area contributed by atoms with Gasteiger partial charge in [0.05, 0.1) is 15.8 Å². The van der Waals surface area contributed by atoms with Gasteiger partial charge >= 0.3 is 11.9 Å². The highest BCUT2D eigenvalue weighted by Crippen LogP contribution is 2.35. The third kappa shape index (κ3) is 11.0. The van der Waals surface area contributed by atoms with Crippen molar-refractivity contribution in [1.29, 1.82) is 0 Å². The molecule has 222 valence electrons. The summed E-state index contributed by atoms with van der Waals surface area (Å²) < 4.78 is 1.56. The lowest BCUT2D eigenvalue weighted by Gasteiger charge is -2.12. The number of hydrogen-bond donors (Lipinski definition) is 3. The number of benzene rings is 2. The van der Waals surface area contributed by atoms with Gasteiger partial charge in [-0.25, -0.2) is 4.98 Å². The van der Waals surface area contributed by atoms with Gasteiger partial charge in [0.15, 0.2) is 4.34 Å². The predicted molar refractivity (Wildman–Crippen MR) is 171 cm³/mol. The molecular weight excluding hydrogens is 577 g/mol. The molecule has 10 heteroatoms. The summed E-state index contributed by atoms with van der Waals surface area (Å²) in [6.07, 6.45) is 12.8. The number of nitrogens with zero attached hydrogens (tertiary/aromatic N) is 1. The number of amides is 1. The number of aromatic nitrogens is 1. The minimum absolute atomic E-state index is 0.327. The number of anilines is 1. The van der Waals surface area contributed by atoms with E-state index in [1.54, 1.807) is 37.3 Å². The largest absolute Gasteiger partial charge is 0.480 e. The average Bonchev–Trinajstić information content (AvgIpc) is 3.35. The monoisotopic (exact) mass is 616 g/mol. The van der Waals surface area contributed by atoms with Crippen LogP contribution in [0.15, 0.2) is 51.7 Å². The van der Waals surface area contributed by atoms with E-state index in [4.69, 9.17) is 0 Å². The smallest absolute Gasteiger partial charge is 0.317 e. The number of carboxylic acid groups (broad SMARTS) is 2. The van der Waals surface area contributed by atoms with Crippen molar-refractivity contribution in [2.24, 2.45) is 0 Å². The Bertz CT molecular complexity index is 1300. The highest BCUT2D eigenvalue weighted by atomic mass is 32.2. The lowest BCUT2D eigenvalue weighted by Crippen LogP contribution is -2.16. The molecular formula is C31H40N2O5S3. The molecule has 0 spiro atoms. The van der Waals surface area contributed by atoms with Gasteiger partial charge < -0.3 is 15.5 Å². The van der Waals surface area contributed by atoms with Crippen LogP contribution in [0.1, 0.15) is 94.8 Å². The van der Waals surface area contributed by atoms with Gasteiger partial charge in [0.1, 0.15) is 10.5 Å². The molecule has 0 aliphatic heterocycles. The topological polar surface area (TPSA) is 117 Å². The van der Waals surface area contributed by atoms with Gasteiger partial charge in [-0.2, -0.15) is 0 Å². The molecule has 0 bridgehead atoms. The van der Waals surface area contributed by atoms with Crippen LogP contribution in [0.2, 0.25) is 0 Å². The Morgan fingerprint density at radius 3 is 2.20 bits per heavy atom. The molecule has 0 saturated carbocycles. The van der Waals surface area contributed by atoms with E-state index in [2.05, 4.69) is 17.2 Å². The lowest BCUT2D eigenvalue weighted by molar-refractivity contribution is -0.137. The molecule has 1 aromatic heterocycles. The van der Waals surface area contributed by atoms with Crippen LogP contribution in [0.25, 0.3) is 10.2 Å². The number of rotatable bonds is 19. The molecule has 0 saturated heterocycles. The van der Waals surface area contributed by atoms with Gasteiger partial charge in [-0.05, 0) is 43.7 Å². The summed E-state index contributed by atoms with van der Waals surface area (Å²) in [6.45, 7) is 3.81. The summed E-state index contributed by atoms with van der Waals surface area (Å²) in [7, 11) is 0. The molecule has 3 aromatic rings. The molecule has 41 heavy (non-hydrogen) atoms. The number of carbonyl (C=O) groups excluding carboxylic acids is 1. The average molecular weight is 617 g/mol. The molecule has 0 aliphatic carbocycles. The van der Waals surface area contributed by atoms with E-state index in [0.717, 1.165) is 41.2 Å². The van der Waals surface area contributed by atoms with Crippen LogP contribution in [0.4, 0.5) is 5.69 Å². The maximum absolute atomic E-state index is 13.0. The van der Waals surface area contributed by atoms with Crippen LogP contribution in [-0.2, 0) is 9.59 Å². The highest BCUT2D eigenvalue weighted by Gasteiger charge is 2.21. The van der Waals surface area contributed by atoms with Crippen molar-refractivity contribution in [2.45, 2.75) is 104 Å². The molecule has 0 aliphatic rings. The zero-order chi connectivity index (χ0) is 29.6. The third-order valence-electron chi connectivity index (χ3n) is 6.75. The SMILES string of the molecule is CCCCCCCCCCCCC(Sc1nc2ccc(NC(=O)c3ccccc3SC(C)C(=O)O)cc2s1)C(=O)O. The molecule has 2 aromatic carbocycles. The first-order valence-corrected chi connectivity index (χ1v) is 17.0. The number of carboxylic acids is 2. The van der Waals surface area contributed by atoms with Gasteiger partial charge in [0.2, 0.25) is 0 Å². The lowest BCUT2D eigenvalue weighted by atomic mass is 10.1. The summed E-state index contributed by atoms with van der Waals surface area (Å²) in [5.74, 6) is -2.08. The van der Waals surface area contributed by atoms with Crippen molar-refractivity contribution >= 4 is 68.6 Å². The molecule has 1 amide bonds. The van der Waals surface area contributed by atoms with Crippen molar-refractivity contribution in [1.82, 2.24) is 4.98 Å². The summed E-state index contributed by atoms with van der Waals surface area (Å²) in [4.78, 5) is 41.5. The van der Waals surface area contributed by atoms with E-state index < -0.39 is 22.4 Å². The predicted octanol–water partition coefficient (Wildman–Crippen LogP) is 8.97. The number of fused-ring (bicyclic) bond motifs is 1. The Kier molecular flexibility index (Phi) is 14.0. The van der Waals surface area contributed by atoms with E-state index in [-0.39, 0.29) is 5.91 Å². The van der Waals surface area contributed by atoms with Gasteiger partial charge in [-0.15, -0.1) is 23.1 Å². The van der Waals surface area contributed by atoms with Gasteiger partial charge in [0, 0.05) is 10.6 Å². The quantitative estimate of drug-likeness (QED) is 0.0902. The van der Waals surface area contributed by atoms with E-state index in [1.807, 2.05) is 12.1 Å². The Balaban J connectivity index is 1.53. The van der Waals surface area contributed by atoms with Crippen molar-refractivity contribution in [2.75, 3.05) is 5.32 Å². The Morgan fingerprint density at radius 2 is 1.54 bits per heavy atom. The molecule has 3 N–H and O–H groups in total. The number of nitrogens with one attached hydrogen (secondary N) is 1. The van der Waals surface area contributed by atoms with E-state index in [1.165, 1.54) is 68.0 Å². The number of thiazole rings is 1. The Morgan fingerprint density at radius 1 is 0.878 bits per heavy atom. The van der Waals surface area contributed by atoms with Gasteiger partial charge in [-0.1, -0.05) is 95.0 Å². The fraction of sp³-hybridized carbons (Fsp3) is 0.484. The molecule has 7 nitrogen and oxygen atoms in total. The normalized spacial score (nSPS) is 12.7. The van der Waals surface area contributed by atoms with Crippen LogP contribution < -0.4 is 5.32 Å². The summed E-state index contributed by atoms with van der Waals surface area (Å²) in [5, 5.41) is 20.7. The van der Waals surface area contributed by atoms with Crippen molar-refractivity contribution in [3.8, 4) is 0 Å². The van der Waals surface area contributed by atoms with Crippen LogP contribution in [-0.4, -0.2) is 43.5 Å². The first-order valence-electron chi connectivity index (χ1n) is 14.4. The summed E-state index contributed by atoms with van der Waals surface area (Å²) in [5.41, 5.74) is 1.75. The summed E-state index contributed by atoms with van der Waals surface area (Å²) >= 11 is 3.84. The Hall–Kier alpha value is -2.56. The third-order valence-corrected chi connectivity index (χ3v) is 10.3. The van der Waals surface area contributed by atoms with Gasteiger partial charge in [-0.3, -0.25) is 14.4 Å². The van der Waals surface area contributed by atoms with E-state index >= 15 is 0 Å².